The first-order valence-corrected chi connectivity index (χ1v) is 11.1. The molecule has 2 N–H and O–H groups in total. The number of aromatic nitrogens is 2. The second-order valence-electron chi connectivity index (χ2n) is 6.25. The standard InChI is InChI=1S/C21H16ClN3O3S2/c1-28-16-8-7-13(9-15(16)22)23-17(26)11-30-21-24-19(27)18-14(10-29-20(18)25-21)12-5-3-2-4-6-12/h2-10H,11H2,1H3,(H,23,26)(H,24,25,27). The second kappa shape index (κ2) is 8.91. The molecule has 6 nitrogen and oxygen atoms in total. The van der Waals surface area contributed by atoms with Crippen molar-refractivity contribution in [2.75, 3.05) is 18.2 Å². The van der Waals surface area contributed by atoms with Crippen LogP contribution in [0.1, 0.15) is 0 Å². The Kier molecular flexibility index (Phi) is 6.08. The molecular formula is C21H16ClN3O3S2. The molecule has 4 aromatic rings. The van der Waals surface area contributed by atoms with Gasteiger partial charge in [-0.2, -0.15) is 0 Å². The van der Waals surface area contributed by atoms with Crippen LogP contribution in [0.5, 0.6) is 5.75 Å². The van der Waals surface area contributed by atoms with Gasteiger partial charge in [0.25, 0.3) is 5.56 Å². The molecular weight excluding hydrogens is 442 g/mol. The van der Waals surface area contributed by atoms with Crippen LogP contribution in [-0.2, 0) is 4.79 Å². The van der Waals surface area contributed by atoms with E-state index in [2.05, 4.69) is 15.3 Å². The third-order valence-electron chi connectivity index (χ3n) is 4.28. The highest BCUT2D eigenvalue weighted by Crippen LogP contribution is 2.31. The summed E-state index contributed by atoms with van der Waals surface area (Å²) < 4.78 is 5.10. The highest BCUT2D eigenvalue weighted by atomic mass is 35.5. The Labute approximate surface area is 185 Å². The first-order chi connectivity index (χ1) is 14.5. The molecule has 0 bridgehead atoms. The van der Waals surface area contributed by atoms with Gasteiger partial charge >= 0.3 is 0 Å². The average molecular weight is 458 g/mol. The fourth-order valence-electron chi connectivity index (χ4n) is 2.90. The molecule has 0 spiro atoms. The number of hydrogen-bond acceptors (Lipinski definition) is 6. The summed E-state index contributed by atoms with van der Waals surface area (Å²) in [5, 5.41) is 6.06. The first-order valence-electron chi connectivity index (χ1n) is 8.88. The van der Waals surface area contributed by atoms with Gasteiger partial charge in [0.05, 0.1) is 23.3 Å². The van der Waals surface area contributed by atoms with Crippen LogP contribution >= 0.6 is 34.7 Å². The minimum absolute atomic E-state index is 0.0923. The number of benzene rings is 2. The maximum atomic E-state index is 12.7. The summed E-state index contributed by atoms with van der Waals surface area (Å²) in [4.78, 5) is 32.8. The second-order valence-corrected chi connectivity index (χ2v) is 8.48. The molecule has 2 heterocycles. The number of fused-ring (bicyclic) bond motifs is 1. The highest BCUT2D eigenvalue weighted by Gasteiger charge is 2.14. The van der Waals surface area contributed by atoms with Gasteiger partial charge in [0.15, 0.2) is 5.16 Å². The smallest absolute Gasteiger partial charge is 0.260 e. The fraction of sp³-hybridized carbons (Fsp3) is 0.0952. The molecule has 0 aliphatic carbocycles. The summed E-state index contributed by atoms with van der Waals surface area (Å²) in [6.45, 7) is 0. The van der Waals surface area contributed by atoms with E-state index in [-0.39, 0.29) is 17.2 Å². The molecule has 0 unspecified atom stereocenters. The number of aromatic amines is 1. The van der Waals surface area contributed by atoms with Crippen LogP contribution in [-0.4, -0.2) is 28.7 Å². The quantitative estimate of drug-likeness (QED) is 0.313. The number of nitrogens with zero attached hydrogens (tertiary/aromatic N) is 1. The van der Waals surface area contributed by atoms with Crippen LogP contribution in [0, 0.1) is 0 Å². The number of methoxy groups -OCH3 is 1. The number of ether oxygens (including phenoxy) is 1. The predicted molar refractivity (Wildman–Crippen MR) is 123 cm³/mol. The third kappa shape index (κ3) is 4.35. The number of thioether (sulfide) groups is 1. The molecule has 1 amide bonds. The van der Waals surface area contributed by atoms with Crippen molar-refractivity contribution in [3.63, 3.8) is 0 Å². The van der Waals surface area contributed by atoms with Crippen molar-refractivity contribution in [3.05, 3.63) is 69.3 Å². The Morgan fingerprint density at radius 1 is 1.27 bits per heavy atom. The molecule has 0 atom stereocenters. The lowest BCUT2D eigenvalue weighted by atomic mass is 10.1. The first kappa shape index (κ1) is 20.5. The minimum Gasteiger partial charge on any atom is -0.495 e. The highest BCUT2D eigenvalue weighted by molar-refractivity contribution is 7.99. The van der Waals surface area contributed by atoms with Crippen molar-refractivity contribution in [1.29, 1.82) is 0 Å². The Morgan fingerprint density at radius 3 is 2.80 bits per heavy atom. The lowest BCUT2D eigenvalue weighted by Gasteiger charge is -2.08. The van der Waals surface area contributed by atoms with Gasteiger partial charge in [0.2, 0.25) is 5.91 Å². The summed E-state index contributed by atoms with van der Waals surface area (Å²) >= 11 is 8.65. The molecule has 4 rings (SSSR count). The number of nitrogens with one attached hydrogen (secondary N) is 2. The van der Waals surface area contributed by atoms with Crippen molar-refractivity contribution >= 4 is 56.5 Å². The van der Waals surface area contributed by atoms with Crippen LogP contribution in [0.25, 0.3) is 21.3 Å². The molecule has 0 saturated carbocycles. The molecule has 152 valence electrons. The minimum atomic E-state index is -0.236. The summed E-state index contributed by atoms with van der Waals surface area (Å²) in [5.74, 6) is 0.389. The van der Waals surface area contributed by atoms with E-state index in [9.17, 15) is 9.59 Å². The van der Waals surface area contributed by atoms with Gasteiger partial charge in [-0.1, -0.05) is 53.7 Å². The largest absolute Gasteiger partial charge is 0.495 e. The summed E-state index contributed by atoms with van der Waals surface area (Å²) in [6, 6.07) is 14.7. The lowest BCUT2D eigenvalue weighted by Crippen LogP contribution is -2.15. The summed E-state index contributed by atoms with van der Waals surface area (Å²) in [7, 11) is 1.52. The zero-order valence-electron chi connectivity index (χ0n) is 15.8. The maximum Gasteiger partial charge on any atom is 0.260 e. The van der Waals surface area contributed by atoms with E-state index in [4.69, 9.17) is 16.3 Å². The van der Waals surface area contributed by atoms with Gasteiger partial charge in [0.1, 0.15) is 10.6 Å². The van der Waals surface area contributed by atoms with Gasteiger partial charge < -0.3 is 15.0 Å². The Balaban J connectivity index is 1.47. The van der Waals surface area contributed by atoms with Crippen LogP contribution in [0.2, 0.25) is 5.02 Å². The van der Waals surface area contributed by atoms with Crippen LogP contribution in [0.4, 0.5) is 5.69 Å². The lowest BCUT2D eigenvalue weighted by molar-refractivity contribution is -0.113. The van der Waals surface area contributed by atoms with Crippen LogP contribution in [0.3, 0.4) is 0 Å². The molecule has 30 heavy (non-hydrogen) atoms. The van der Waals surface area contributed by atoms with Crippen molar-refractivity contribution in [3.8, 4) is 16.9 Å². The molecule has 0 saturated heterocycles. The van der Waals surface area contributed by atoms with E-state index in [0.29, 0.717) is 31.8 Å². The number of amides is 1. The maximum absolute atomic E-state index is 12.7. The molecule has 2 aromatic carbocycles. The zero-order chi connectivity index (χ0) is 21.1. The number of H-pyrrole nitrogens is 1. The van der Waals surface area contributed by atoms with E-state index in [1.54, 1.807) is 18.2 Å². The van der Waals surface area contributed by atoms with Gasteiger partial charge in [0, 0.05) is 16.6 Å². The normalized spacial score (nSPS) is 10.9. The van der Waals surface area contributed by atoms with Crippen LogP contribution < -0.4 is 15.6 Å². The third-order valence-corrected chi connectivity index (χ3v) is 6.32. The predicted octanol–water partition coefficient (Wildman–Crippen LogP) is 5.04. The number of anilines is 1. The molecule has 0 radical (unpaired) electrons. The summed E-state index contributed by atoms with van der Waals surface area (Å²) in [5.41, 5.74) is 2.17. The average Bonchev–Trinajstić information content (AvgIpc) is 3.18. The topological polar surface area (TPSA) is 84.1 Å². The number of halogens is 1. The van der Waals surface area contributed by atoms with Gasteiger partial charge in [-0.15, -0.1) is 11.3 Å². The van der Waals surface area contributed by atoms with Crippen molar-refractivity contribution in [2.24, 2.45) is 0 Å². The molecule has 2 aromatic heterocycles. The van der Waals surface area contributed by atoms with Crippen molar-refractivity contribution < 1.29 is 9.53 Å². The summed E-state index contributed by atoms with van der Waals surface area (Å²) in [6.07, 6.45) is 0. The fourth-order valence-corrected chi connectivity index (χ4v) is 4.83. The number of thiophene rings is 1. The van der Waals surface area contributed by atoms with E-state index in [1.165, 1.54) is 18.4 Å². The van der Waals surface area contributed by atoms with Gasteiger partial charge in [-0.05, 0) is 23.8 Å². The number of carbonyl (C=O) groups is 1. The van der Waals surface area contributed by atoms with Crippen molar-refractivity contribution in [2.45, 2.75) is 5.16 Å². The number of hydrogen-bond donors (Lipinski definition) is 2. The van der Waals surface area contributed by atoms with Gasteiger partial charge in [-0.25, -0.2) is 4.98 Å². The molecule has 0 fully saturated rings. The van der Waals surface area contributed by atoms with E-state index in [0.717, 1.165) is 22.9 Å². The SMILES string of the molecule is COc1ccc(NC(=O)CSc2nc3scc(-c4ccccc4)c3c(=O)[nH]2)cc1Cl. The Hall–Kier alpha value is -2.81. The molecule has 9 heteroatoms. The van der Waals surface area contributed by atoms with Crippen LogP contribution in [0.15, 0.2) is 63.9 Å². The van der Waals surface area contributed by atoms with E-state index < -0.39 is 0 Å². The Morgan fingerprint density at radius 2 is 2.07 bits per heavy atom. The van der Waals surface area contributed by atoms with E-state index in [1.807, 2.05) is 35.7 Å². The van der Waals surface area contributed by atoms with Gasteiger partial charge in [-0.3, -0.25) is 9.59 Å². The monoisotopic (exact) mass is 457 g/mol. The Bertz CT molecular complexity index is 1270. The molecule has 0 aliphatic heterocycles. The number of carbonyl (C=O) groups excluding carboxylic acids is 1. The van der Waals surface area contributed by atoms with Crippen molar-refractivity contribution in [1.82, 2.24) is 9.97 Å². The number of rotatable bonds is 6. The van der Waals surface area contributed by atoms with E-state index >= 15 is 0 Å². The zero-order valence-corrected chi connectivity index (χ0v) is 18.2. The molecule has 0 aliphatic rings.